The molecule has 0 N–H and O–H groups in total. The lowest BCUT2D eigenvalue weighted by molar-refractivity contribution is -0.0518. The van der Waals surface area contributed by atoms with Crippen LogP contribution in [-0.2, 0) is 18.3 Å². The molecule has 0 aliphatic carbocycles. The Hall–Kier alpha value is 0.110. The minimum Gasteiger partial charge on any atom is -0.378 e. The molecule has 1 unspecified atom stereocenters. The van der Waals surface area contributed by atoms with Crippen molar-refractivity contribution in [3.8, 4) is 0 Å². The number of hydrogen-bond donors (Lipinski definition) is 0. The fraction of sp³-hybridized carbons (Fsp3) is 1.00. The summed E-state index contributed by atoms with van der Waals surface area (Å²) >= 11 is 0. The lowest BCUT2D eigenvalue weighted by Crippen LogP contribution is -2.27. The van der Waals surface area contributed by atoms with Crippen molar-refractivity contribution in [3.63, 3.8) is 0 Å². The van der Waals surface area contributed by atoms with Crippen LogP contribution < -0.4 is 0 Å². The Morgan fingerprint density at radius 3 is 2.19 bits per heavy atom. The monoisotopic (exact) mass is 250 g/mol. The lowest BCUT2D eigenvalue weighted by atomic mass is 10.1. The average molecular weight is 250 g/mol. The summed E-state index contributed by atoms with van der Waals surface area (Å²) in [6.07, 6.45) is 4.33. The zero-order valence-corrected chi connectivity index (χ0v) is 11.2. The molecule has 0 aromatic rings. The topological polar surface area (TPSA) is 44.8 Å². The highest BCUT2D eigenvalue weighted by molar-refractivity contribution is 7.53. The van der Waals surface area contributed by atoms with E-state index in [0.29, 0.717) is 19.4 Å². The van der Waals surface area contributed by atoms with Crippen molar-refractivity contribution in [1.82, 2.24) is 0 Å². The molecule has 0 radical (unpaired) electrons. The maximum Gasteiger partial charge on any atom is 0.330 e. The Morgan fingerprint density at radius 1 is 1.25 bits per heavy atom. The van der Waals surface area contributed by atoms with E-state index in [1.54, 1.807) is 0 Å². The largest absolute Gasteiger partial charge is 0.378 e. The molecule has 1 atom stereocenters. The van der Waals surface area contributed by atoms with E-state index < -0.39 is 7.60 Å². The molecule has 96 valence electrons. The maximum atomic E-state index is 12.3. The summed E-state index contributed by atoms with van der Waals surface area (Å²) in [5.74, 6) is 0. The molecule has 1 aliphatic heterocycles. The molecule has 5 heteroatoms. The van der Waals surface area contributed by atoms with Gasteiger partial charge in [-0.1, -0.05) is 13.8 Å². The number of rotatable bonds is 9. The summed E-state index contributed by atoms with van der Waals surface area (Å²) in [6, 6.07) is 0. The average Bonchev–Trinajstić information content (AvgIpc) is 2.22. The summed E-state index contributed by atoms with van der Waals surface area (Å²) in [5.41, 5.74) is 0. The molecule has 1 rings (SSSR count). The SMILES string of the molecule is CCCOP(=O)(CCC1CCO1)OCCC. The van der Waals surface area contributed by atoms with Gasteiger partial charge in [-0.3, -0.25) is 4.57 Å². The maximum absolute atomic E-state index is 12.3. The minimum atomic E-state index is -2.87. The highest BCUT2D eigenvalue weighted by atomic mass is 31.2. The zero-order chi connectivity index (χ0) is 11.9. The first-order valence-electron chi connectivity index (χ1n) is 6.20. The molecule has 0 aromatic carbocycles. The third-order valence-corrected chi connectivity index (χ3v) is 4.46. The molecule has 0 spiro atoms. The highest BCUT2D eigenvalue weighted by Gasteiger charge is 2.28. The van der Waals surface area contributed by atoms with Crippen LogP contribution in [-0.4, -0.2) is 32.1 Å². The Balaban J connectivity index is 2.31. The van der Waals surface area contributed by atoms with Gasteiger partial charge in [0.15, 0.2) is 0 Å². The van der Waals surface area contributed by atoms with Crippen LogP contribution >= 0.6 is 7.60 Å². The normalized spacial score (nSPS) is 20.8. The van der Waals surface area contributed by atoms with Gasteiger partial charge in [0.1, 0.15) is 0 Å². The second kappa shape index (κ2) is 7.44. The highest BCUT2D eigenvalue weighted by Crippen LogP contribution is 2.49. The Morgan fingerprint density at radius 2 is 1.81 bits per heavy atom. The van der Waals surface area contributed by atoms with E-state index in [4.69, 9.17) is 13.8 Å². The van der Waals surface area contributed by atoms with Gasteiger partial charge in [-0.05, 0) is 25.7 Å². The van der Waals surface area contributed by atoms with Crippen molar-refractivity contribution >= 4 is 7.60 Å². The van der Waals surface area contributed by atoms with E-state index in [1.807, 2.05) is 13.8 Å². The van der Waals surface area contributed by atoms with E-state index >= 15 is 0 Å². The summed E-state index contributed by atoms with van der Waals surface area (Å²) in [5, 5.41) is 0. The second-order valence-electron chi connectivity index (χ2n) is 4.07. The fourth-order valence-corrected chi connectivity index (χ4v) is 3.30. The molecule has 0 aromatic heterocycles. The summed E-state index contributed by atoms with van der Waals surface area (Å²) in [6.45, 7) is 5.85. The van der Waals surface area contributed by atoms with Gasteiger partial charge in [0.05, 0.1) is 25.5 Å². The summed E-state index contributed by atoms with van der Waals surface area (Å²) in [7, 11) is -2.87. The van der Waals surface area contributed by atoms with Crippen LogP contribution in [0.1, 0.15) is 39.5 Å². The van der Waals surface area contributed by atoms with Crippen molar-refractivity contribution in [2.24, 2.45) is 0 Å². The fourth-order valence-electron chi connectivity index (χ4n) is 1.44. The van der Waals surface area contributed by atoms with Gasteiger partial charge in [0.25, 0.3) is 0 Å². The first kappa shape index (κ1) is 14.2. The van der Waals surface area contributed by atoms with Crippen LogP contribution in [0.2, 0.25) is 0 Å². The number of hydrogen-bond acceptors (Lipinski definition) is 4. The molecule has 1 saturated heterocycles. The van der Waals surface area contributed by atoms with Crippen molar-refractivity contribution in [1.29, 1.82) is 0 Å². The van der Waals surface area contributed by atoms with Gasteiger partial charge in [-0.25, -0.2) is 0 Å². The van der Waals surface area contributed by atoms with E-state index in [9.17, 15) is 4.57 Å². The molecule has 0 amide bonds. The Bertz CT molecular complexity index is 216. The molecule has 4 nitrogen and oxygen atoms in total. The predicted molar refractivity (Wildman–Crippen MR) is 63.9 cm³/mol. The smallest absolute Gasteiger partial charge is 0.330 e. The van der Waals surface area contributed by atoms with Gasteiger partial charge in [-0.15, -0.1) is 0 Å². The Labute approximate surface area is 98.2 Å². The molecule has 16 heavy (non-hydrogen) atoms. The summed E-state index contributed by atoms with van der Waals surface area (Å²) < 4.78 is 28.3. The van der Waals surface area contributed by atoms with Crippen LogP contribution in [0.5, 0.6) is 0 Å². The van der Waals surface area contributed by atoms with Crippen molar-refractivity contribution < 1.29 is 18.3 Å². The van der Waals surface area contributed by atoms with E-state index in [2.05, 4.69) is 0 Å². The first-order valence-corrected chi connectivity index (χ1v) is 7.92. The quantitative estimate of drug-likeness (QED) is 0.589. The van der Waals surface area contributed by atoms with E-state index in [1.165, 1.54) is 0 Å². The molecule has 1 aliphatic rings. The third kappa shape index (κ3) is 4.96. The van der Waals surface area contributed by atoms with Crippen molar-refractivity contribution in [3.05, 3.63) is 0 Å². The lowest BCUT2D eigenvalue weighted by Gasteiger charge is -2.27. The van der Waals surface area contributed by atoms with Crippen LogP contribution in [0.4, 0.5) is 0 Å². The first-order chi connectivity index (χ1) is 7.70. The number of ether oxygens (including phenoxy) is 1. The second-order valence-corrected chi connectivity index (χ2v) is 6.26. The van der Waals surface area contributed by atoms with E-state index in [0.717, 1.165) is 32.3 Å². The van der Waals surface area contributed by atoms with Crippen molar-refractivity contribution in [2.45, 2.75) is 45.6 Å². The van der Waals surface area contributed by atoms with Gasteiger partial charge in [0, 0.05) is 6.61 Å². The molecule has 1 heterocycles. The minimum absolute atomic E-state index is 0.267. The van der Waals surface area contributed by atoms with Gasteiger partial charge >= 0.3 is 7.60 Å². The van der Waals surface area contributed by atoms with Crippen LogP contribution in [0.15, 0.2) is 0 Å². The van der Waals surface area contributed by atoms with Crippen LogP contribution in [0.3, 0.4) is 0 Å². The molecule has 0 bridgehead atoms. The van der Waals surface area contributed by atoms with Crippen LogP contribution in [0.25, 0.3) is 0 Å². The molecular formula is C11H23O4P. The van der Waals surface area contributed by atoms with Crippen molar-refractivity contribution in [2.75, 3.05) is 26.0 Å². The standard InChI is InChI=1S/C11H23O4P/c1-3-7-14-16(12,15-8-4-2)10-6-11-5-9-13-11/h11H,3-10H2,1-2H3. The van der Waals surface area contributed by atoms with Gasteiger partial charge in [0.2, 0.25) is 0 Å². The molecule has 0 saturated carbocycles. The molecule has 1 fully saturated rings. The van der Waals surface area contributed by atoms with Gasteiger partial charge in [-0.2, -0.15) is 0 Å². The van der Waals surface area contributed by atoms with E-state index in [-0.39, 0.29) is 6.10 Å². The Kier molecular flexibility index (Phi) is 6.59. The molecular weight excluding hydrogens is 227 g/mol. The van der Waals surface area contributed by atoms with Crippen LogP contribution in [0, 0.1) is 0 Å². The zero-order valence-electron chi connectivity index (χ0n) is 10.3. The third-order valence-electron chi connectivity index (χ3n) is 2.50. The van der Waals surface area contributed by atoms with Gasteiger partial charge < -0.3 is 13.8 Å². The predicted octanol–water partition coefficient (Wildman–Crippen LogP) is 3.21. The summed E-state index contributed by atoms with van der Waals surface area (Å²) in [4.78, 5) is 0.